The zero-order valence-corrected chi connectivity index (χ0v) is 60.8. The normalized spacial score (nSPS) is 14.9. The molecule has 0 aliphatic carbocycles. The number of hydrogen-bond acceptors (Lipinski definition) is 14. The van der Waals surface area contributed by atoms with Crippen LogP contribution in [0.4, 0.5) is 0 Å². The van der Waals surface area contributed by atoms with Gasteiger partial charge in [0.25, 0.3) is 0 Å². The Morgan fingerprint density at radius 3 is 0.926 bits per heavy atom. The second kappa shape index (κ2) is 69.6. The highest BCUT2D eigenvalue weighted by Gasteiger charge is 2.29. The lowest BCUT2D eigenvalue weighted by atomic mass is 10.0. The smallest absolute Gasteiger partial charge is 0.463 e. The molecule has 0 spiro atoms. The third-order valence-electron chi connectivity index (χ3n) is 14.9. The first kappa shape index (κ1) is 90.7. The lowest BCUT2D eigenvalue weighted by Crippen LogP contribution is -2.30. The average Bonchev–Trinajstić information content (AvgIpc) is 3.76. The number of phosphoric acid groups is 2. The van der Waals surface area contributed by atoms with Crippen LogP contribution in [0.3, 0.4) is 0 Å². The third-order valence-corrected chi connectivity index (χ3v) is 16.8. The van der Waals surface area contributed by atoms with Gasteiger partial charge in [0.15, 0.2) is 6.10 Å². The highest BCUT2D eigenvalue weighted by Crippen LogP contribution is 2.45. The Morgan fingerprint density at radius 1 is 0.305 bits per heavy atom. The molecule has 544 valence electrons. The van der Waals surface area contributed by atoms with Crippen LogP contribution in [0, 0.1) is 0 Å². The SMILES string of the molecule is CC/C=C\C/C=C\C/C=C\C/C=C\C/C=C\C/C=C\CCCCCCCCCCCCC(=O)OCC(O)COP(=O)(O)OCC(O)COP(=O)(O)OCC(COC(=O)CCC/C=C\C/C=C\C/C=C\C/C=C\C/C=C\CC)OC(=O)CCCCCCCCCCCCCCC. The standard InChI is InChI=1S/C77H130O16P2/c1-4-7-10-13-16-19-22-25-27-29-30-31-32-33-34-35-36-37-38-39-40-42-44-46-48-51-54-57-60-63-75(80)87-66-72(78)67-89-94(83,84)90-68-73(79)69-91-95(85,86)92-71-74(93-77(82)65-62-59-56-53-50-45-24-21-18-15-12-9-6-3)70-88-76(81)64-61-58-55-52-49-47-43-41-28-26-23-20-17-14-11-8-5-2/h7-8,10-11,16-17,19-20,25-28,30-31,33-34,36-37,43,47,52,55,72-74,78-79H,4-6,9,12-15,18,21-24,29,32,35,38-42,44-46,48-51,53-54,56-71H2,1-3H3,(H,83,84)(H,85,86)/b10-7-,11-8-,19-16-,20-17-,27-25-,28-26-,31-30-,34-33-,37-36-,47-43-,55-52-. The van der Waals surface area contributed by atoms with Crippen molar-refractivity contribution in [2.75, 3.05) is 39.6 Å². The van der Waals surface area contributed by atoms with Crippen LogP contribution in [0.5, 0.6) is 0 Å². The number of aliphatic hydroxyl groups excluding tert-OH is 2. The Labute approximate surface area is 575 Å². The molecule has 18 heteroatoms. The highest BCUT2D eigenvalue weighted by molar-refractivity contribution is 7.47. The predicted molar refractivity (Wildman–Crippen MR) is 390 cm³/mol. The first-order valence-electron chi connectivity index (χ1n) is 36.5. The maximum absolute atomic E-state index is 12.9. The van der Waals surface area contributed by atoms with Crippen molar-refractivity contribution in [2.45, 2.75) is 296 Å². The van der Waals surface area contributed by atoms with Gasteiger partial charge in [-0.15, -0.1) is 0 Å². The Kier molecular flexibility index (Phi) is 66.4. The van der Waals surface area contributed by atoms with E-state index in [0.29, 0.717) is 25.7 Å². The van der Waals surface area contributed by atoms with E-state index in [2.05, 4.69) is 142 Å². The summed E-state index contributed by atoms with van der Waals surface area (Å²) < 4.78 is 60.9. The molecule has 16 nitrogen and oxygen atoms in total. The van der Waals surface area contributed by atoms with Crippen LogP contribution in [0.2, 0.25) is 0 Å². The van der Waals surface area contributed by atoms with Gasteiger partial charge in [0.1, 0.15) is 25.4 Å². The Bertz CT molecular complexity index is 2260. The number of rotatable bonds is 68. The number of hydrogen-bond donors (Lipinski definition) is 4. The largest absolute Gasteiger partial charge is 0.472 e. The van der Waals surface area contributed by atoms with E-state index in [0.717, 1.165) is 128 Å². The van der Waals surface area contributed by atoms with Gasteiger partial charge in [-0.05, 0) is 109 Å². The molecule has 0 heterocycles. The van der Waals surface area contributed by atoms with Crippen LogP contribution < -0.4 is 0 Å². The fourth-order valence-electron chi connectivity index (χ4n) is 9.37. The summed E-state index contributed by atoms with van der Waals surface area (Å²) in [5.74, 6) is -1.65. The summed E-state index contributed by atoms with van der Waals surface area (Å²) in [6.45, 7) is 2.37. The number of esters is 3. The van der Waals surface area contributed by atoms with E-state index in [1.165, 1.54) is 83.5 Å². The van der Waals surface area contributed by atoms with Crippen molar-refractivity contribution >= 4 is 33.6 Å². The molecular weight excluding hydrogens is 1240 g/mol. The van der Waals surface area contributed by atoms with Gasteiger partial charge in [-0.2, -0.15) is 0 Å². The molecule has 0 saturated carbocycles. The summed E-state index contributed by atoms with van der Waals surface area (Å²) in [5.41, 5.74) is 0. The number of unbranched alkanes of at least 4 members (excludes halogenated alkanes) is 23. The van der Waals surface area contributed by atoms with E-state index in [4.69, 9.17) is 32.3 Å². The lowest BCUT2D eigenvalue weighted by molar-refractivity contribution is -0.161. The molecule has 0 fully saturated rings. The van der Waals surface area contributed by atoms with Gasteiger partial charge < -0.3 is 34.2 Å². The van der Waals surface area contributed by atoms with Crippen LogP contribution in [-0.2, 0) is 55.8 Å². The Morgan fingerprint density at radius 2 is 0.568 bits per heavy atom. The number of carbonyl (C=O) groups is 3. The van der Waals surface area contributed by atoms with Gasteiger partial charge in [0.05, 0.1) is 26.4 Å². The number of aliphatic hydroxyl groups is 2. The maximum Gasteiger partial charge on any atom is 0.472 e. The molecule has 4 N–H and O–H groups in total. The second-order valence-electron chi connectivity index (χ2n) is 24.0. The molecule has 0 radical (unpaired) electrons. The van der Waals surface area contributed by atoms with Gasteiger partial charge in [-0.25, -0.2) is 9.13 Å². The van der Waals surface area contributed by atoms with Gasteiger partial charge in [0, 0.05) is 19.3 Å². The van der Waals surface area contributed by atoms with Gasteiger partial charge >= 0.3 is 33.6 Å². The lowest BCUT2D eigenvalue weighted by Gasteiger charge is -2.21. The molecule has 0 aliphatic heterocycles. The second-order valence-corrected chi connectivity index (χ2v) is 26.9. The van der Waals surface area contributed by atoms with E-state index in [-0.39, 0.29) is 19.3 Å². The molecule has 0 aromatic heterocycles. The number of phosphoric ester groups is 2. The van der Waals surface area contributed by atoms with Gasteiger partial charge in [-0.3, -0.25) is 32.5 Å². The van der Waals surface area contributed by atoms with Crippen molar-refractivity contribution < 1.29 is 75.8 Å². The summed E-state index contributed by atoms with van der Waals surface area (Å²) in [4.78, 5) is 58.4. The summed E-state index contributed by atoms with van der Waals surface area (Å²) in [6.07, 6.45) is 82.3. The van der Waals surface area contributed by atoms with Crippen LogP contribution in [0.15, 0.2) is 134 Å². The molecule has 0 aromatic rings. The first-order chi connectivity index (χ1) is 46.2. The van der Waals surface area contributed by atoms with E-state index < -0.39 is 91.5 Å². The summed E-state index contributed by atoms with van der Waals surface area (Å²) in [7, 11) is -9.80. The summed E-state index contributed by atoms with van der Waals surface area (Å²) in [5, 5.41) is 20.6. The van der Waals surface area contributed by atoms with Crippen LogP contribution >= 0.6 is 15.6 Å². The van der Waals surface area contributed by atoms with Crippen molar-refractivity contribution in [1.82, 2.24) is 0 Å². The maximum atomic E-state index is 12.9. The number of carbonyl (C=O) groups excluding carboxylic acids is 3. The van der Waals surface area contributed by atoms with E-state index in [9.17, 15) is 43.5 Å². The zero-order valence-electron chi connectivity index (χ0n) is 59.0. The molecule has 0 saturated heterocycles. The zero-order chi connectivity index (χ0) is 69.5. The summed E-state index contributed by atoms with van der Waals surface area (Å²) in [6, 6.07) is 0. The van der Waals surface area contributed by atoms with E-state index in [1.54, 1.807) is 0 Å². The molecule has 5 unspecified atom stereocenters. The minimum absolute atomic E-state index is 0.0915. The van der Waals surface area contributed by atoms with Crippen LogP contribution in [-0.4, -0.2) is 95.9 Å². The minimum atomic E-state index is -4.94. The van der Waals surface area contributed by atoms with Crippen molar-refractivity contribution in [2.24, 2.45) is 0 Å². The van der Waals surface area contributed by atoms with E-state index in [1.807, 2.05) is 12.2 Å². The Hall–Kier alpha value is -4.31. The molecule has 0 bridgehead atoms. The summed E-state index contributed by atoms with van der Waals surface area (Å²) >= 11 is 0. The van der Waals surface area contributed by atoms with Crippen LogP contribution in [0.1, 0.15) is 278 Å². The molecule has 0 aromatic carbocycles. The number of ether oxygens (including phenoxy) is 3. The van der Waals surface area contributed by atoms with Gasteiger partial charge in [-0.1, -0.05) is 283 Å². The third kappa shape index (κ3) is 70.8. The molecule has 0 amide bonds. The van der Waals surface area contributed by atoms with Crippen LogP contribution in [0.25, 0.3) is 0 Å². The Balaban J connectivity index is 4.53. The fraction of sp³-hybridized carbons (Fsp3) is 0.675. The molecule has 0 rings (SSSR count). The topological polar surface area (TPSA) is 231 Å². The van der Waals surface area contributed by atoms with Gasteiger partial charge in [0.2, 0.25) is 0 Å². The van der Waals surface area contributed by atoms with Crippen molar-refractivity contribution in [3.05, 3.63) is 134 Å². The van der Waals surface area contributed by atoms with Crippen molar-refractivity contribution in [3.8, 4) is 0 Å². The minimum Gasteiger partial charge on any atom is -0.463 e. The van der Waals surface area contributed by atoms with E-state index >= 15 is 0 Å². The number of allylic oxidation sites excluding steroid dienone is 22. The first-order valence-corrected chi connectivity index (χ1v) is 39.5. The van der Waals surface area contributed by atoms with Crippen molar-refractivity contribution in [3.63, 3.8) is 0 Å². The van der Waals surface area contributed by atoms with Crippen molar-refractivity contribution in [1.29, 1.82) is 0 Å². The molecule has 5 atom stereocenters. The quantitative estimate of drug-likeness (QED) is 0.0146. The molecule has 95 heavy (non-hydrogen) atoms. The average molecular weight is 1370 g/mol. The molecular formula is C77H130O16P2. The predicted octanol–water partition coefficient (Wildman–Crippen LogP) is 20.8. The highest BCUT2D eigenvalue weighted by atomic mass is 31.2. The monoisotopic (exact) mass is 1370 g/mol. The molecule has 0 aliphatic rings. The fourth-order valence-corrected chi connectivity index (χ4v) is 11.0.